The highest BCUT2D eigenvalue weighted by Gasteiger charge is 2.09. The van der Waals surface area contributed by atoms with Crippen LogP contribution in [0.15, 0.2) is 22.6 Å². The molecule has 4 nitrogen and oxygen atoms in total. The first-order chi connectivity index (χ1) is 8.54. The number of nitrogens with zero attached hydrogens (tertiary/aromatic N) is 2. The first-order valence-electron chi connectivity index (χ1n) is 5.57. The molecule has 18 heavy (non-hydrogen) atoms. The summed E-state index contributed by atoms with van der Waals surface area (Å²) in [5, 5.41) is 10.4. The molecule has 0 radical (unpaired) electrons. The molecule has 0 amide bonds. The summed E-state index contributed by atoms with van der Waals surface area (Å²) in [6.45, 7) is 4.08. The van der Waals surface area contributed by atoms with Crippen LogP contribution in [0.25, 0.3) is 0 Å². The van der Waals surface area contributed by atoms with E-state index in [4.69, 9.17) is 4.42 Å². The molecule has 1 aromatic heterocycles. The summed E-state index contributed by atoms with van der Waals surface area (Å²) in [5.41, 5.74) is 0.469. The van der Waals surface area contributed by atoms with Gasteiger partial charge in [-0.3, -0.25) is 0 Å². The number of benzene rings is 1. The lowest BCUT2D eigenvalue weighted by molar-refractivity contribution is 0.480. The average molecular weight is 253 g/mol. The predicted octanol–water partition coefficient (Wildman–Crippen LogP) is 3.08. The van der Waals surface area contributed by atoms with Gasteiger partial charge in [-0.2, -0.15) is 0 Å². The second-order valence-electron chi connectivity index (χ2n) is 4.23. The number of hydrogen-bond donors (Lipinski definition) is 1. The zero-order chi connectivity index (χ0) is 13.1. The minimum Gasteiger partial charge on any atom is -0.408 e. The number of anilines is 1. The Morgan fingerprint density at radius 3 is 2.39 bits per heavy atom. The fourth-order valence-corrected chi connectivity index (χ4v) is 1.43. The van der Waals surface area contributed by atoms with Crippen molar-refractivity contribution >= 4 is 6.01 Å². The third-order valence-corrected chi connectivity index (χ3v) is 2.30. The molecule has 0 unspecified atom stereocenters. The summed E-state index contributed by atoms with van der Waals surface area (Å²) in [6.07, 6.45) is 0. The first-order valence-corrected chi connectivity index (χ1v) is 5.57. The van der Waals surface area contributed by atoms with Crippen LogP contribution in [0.2, 0.25) is 0 Å². The SMILES string of the molecule is CC(C)c1nnc(NCc2cc(F)cc(F)c2)o1. The Balaban J connectivity index is 2.02. The van der Waals surface area contributed by atoms with Gasteiger partial charge in [0.1, 0.15) is 11.6 Å². The van der Waals surface area contributed by atoms with Crippen molar-refractivity contribution in [3.63, 3.8) is 0 Å². The zero-order valence-electron chi connectivity index (χ0n) is 10.1. The van der Waals surface area contributed by atoms with Gasteiger partial charge >= 0.3 is 6.01 Å². The molecule has 0 fully saturated rings. The molecule has 0 saturated heterocycles. The molecule has 2 aromatic rings. The van der Waals surface area contributed by atoms with Gasteiger partial charge in [-0.25, -0.2) is 8.78 Å². The Labute approximate surface area is 103 Å². The summed E-state index contributed by atoms with van der Waals surface area (Å²) < 4.78 is 31.2. The summed E-state index contributed by atoms with van der Waals surface area (Å²) in [5.74, 6) is -0.567. The molecule has 6 heteroatoms. The van der Waals surface area contributed by atoms with Crippen LogP contribution in [-0.2, 0) is 6.54 Å². The average Bonchev–Trinajstić information content (AvgIpc) is 2.73. The number of halogens is 2. The van der Waals surface area contributed by atoms with E-state index in [0.717, 1.165) is 6.07 Å². The van der Waals surface area contributed by atoms with Gasteiger partial charge in [-0.1, -0.05) is 18.9 Å². The van der Waals surface area contributed by atoms with Crippen LogP contribution in [0.5, 0.6) is 0 Å². The number of rotatable bonds is 4. The topological polar surface area (TPSA) is 51.0 Å². The van der Waals surface area contributed by atoms with Gasteiger partial charge < -0.3 is 9.73 Å². The quantitative estimate of drug-likeness (QED) is 0.909. The fraction of sp³-hybridized carbons (Fsp3) is 0.333. The highest BCUT2D eigenvalue weighted by Crippen LogP contribution is 2.16. The van der Waals surface area contributed by atoms with Gasteiger partial charge in [-0.05, 0) is 17.7 Å². The van der Waals surface area contributed by atoms with E-state index in [2.05, 4.69) is 15.5 Å². The van der Waals surface area contributed by atoms with Gasteiger partial charge in [0.2, 0.25) is 5.89 Å². The first kappa shape index (κ1) is 12.5. The van der Waals surface area contributed by atoms with Crippen molar-refractivity contribution in [1.82, 2.24) is 10.2 Å². The Morgan fingerprint density at radius 2 is 1.83 bits per heavy atom. The molecule has 0 spiro atoms. The number of aromatic nitrogens is 2. The Bertz CT molecular complexity index is 520. The molecule has 0 aliphatic heterocycles. The van der Waals surface area contributed by atoms with Gasteiger partial charge in [0, 0.05) is 18.5 Å². The van der Waals surface area contributed by atoms with Crippen LogP contribution in [-0.4, -0.2) is 10.2 Å². The second-order valence-corrected chi connectivity index (χ2v) is 4.23. The van der Waals surface area contributed by atoms with Crippen LogP contribution in [0.4, 0.5) is 14.8 Å². The molecular formula is C12H13F2N3O. The highest BCUT2D eigenvalue weighted by atomic mass is 19.1. The normalized spacial score (nSPS) is 10.9. The summed E-state index contributed by atoms with van der Waals surface area (Å²) >= 11 is 0. The maximum absolute atomic E-state index is 12.9. The maximum Gasteiger partial charge on any atom is 0.315 e. The molecule has 0 aliphatic rings. The molecule has 0 bridgehead atoms. The van der Waals surface area contributed by atoms with Crippen molar-refractivity contribution in [2.24, 2.45) is 0 Å². The van der Waals surface area contributed by atoms with Crippen molar-refractivity contribution in [3.05, 3.63) is 41.3 Å². The van der Waals surface area contributed by atoms with Gasteiger partial charge in [0.05, 0.1) is 0 Å². The van der Waals surface area contributed by atoms with Crippen molar-refractivity contribution < 1.29 is 13.2 Å². The number of hydrogen-bond acceptors (Lipinski definition) is 4. The van der Waals surface area contributed by atoms with E-state index in [0.29, 0.717) is 11.5 Å². The minimum absolute atomic E-state index is 0.139. The fourth-order valence-electron chi connectivity index (χ4n) is 1.43. The monoisotopic (exact) mass is 253 g/mol. The van der Waals surface area contributed by atoms with Gasteiger partial charge in [0.25, 0.3) is 0 Å². The Kier molecular flexibility index (Phi) is 3.55. The Morgan fingerprint density at radius 1 is 1.17 bits per heavy atom. The van der Waals surface area contributed by atoms with E-state index in [1.165, 1.54) is 12.1 Å². The lowest BCUT2D eigenvalue weighted by atomic mass is 10.2. The van der Waals surface area contributed by atoms with Crippen LogP contribution in [0.3, 0.4) is 0 Å². The van der Waals surface area contributed by atoms with E-state index in [9.17, 15) is 8.78 Å². The lowest BCUT2D eigenvalue weighted by Gasteiger charge is -2.02. The summed E-state index contributed by atoms with van der Waals surface area (Å²) in [6, 6.07) is 3.56. The lowest BCUT2D eigenvalue weighted by Crippen LogP contribution is -2.00. The summed E-state index contributed by atoms with van der Waals surface area (Å²) in [7, 11) is 0. The molecule has 0 atom stereocenters. The predicted molar refractivity (Wildman–Crippen MR) is 62.1 cm³/mol. The molecule has 1 aromatic carbocycles. The summed E-state index contributed by atoms with van der Waals surface area (Å²) in [4.78, 5) is 0. The van der Waals surface area contributed by atoms with E-state index < -0.39 is 11.6 Å². The van der Waals surface area contributed by atoms with Crippen molar-refractivity contribution in [3.8, 4) is 0 Å². The van der Waals surface area contributed by atoms with Gasteiger partial charge in [-0.15, -0.1) is 5.10 Å². The smallest absolute Gasteiger partial charge is 0.315 e. The third-order valence-electron chi connectivity index (χ3n) is 2.30. The van der Waals surface area contributed by atoms with E-state index in [-0.39, 0.29) is 18.5 Å². The van der Waals surface area contributed by atoms with Crippen LogP contribution in [0, 0.1) is 11.6 Å². The second kappa shape index (κ2) is 5.12. The Hall–Kier alpha value is -1.98. The molecule has 1 N–H and O–H groups in total. The van der Waals surface area contributed by atoms with Crippen molar-refractivity contribution in [1.29, 1.82) is 0 Å². The van der Waals surface area contributed by atoms with E-state index in [1.807, 2.05) is 13.8 Å². The van der Waals surface area contributed by atoms with Crippen LogP contribution in [0.1, 0.15) is 31.2 Å². The molecule has 0 aliphatic carbocycles. The highest BCUT2D eigenvalue weighted by molar-refractivity contribution is 5.24. The van der Waals surface area contributed by atoms with Crippen LogP contribution >= 0.6 is 0 Å². The van der Waals surface area contributed by atoms with Crippen molar-refractivity contribution in [2.45, 2.75) is 26.3 Å². The van der Waals surface area contributed by atoms with Gasteiger partial charge in [0.15, 0.2) is 0 Å². The standard InChI is InChI=1S/C12H13F2N3O/c1-7(2)11-16-17-12(18-11)15-6-8-3-9(13)5-10(14)4-8/h3-5,7H,6H2,1-2H3,(H,15,17). The zero-order valence-corrected chi connectivity index (χ0v) is 10.1. The minimum atomic E-state index is -0.611. The third kappa shape index (κ3) is 3.03. The van der Waals surface area contributed by atoms with E-state index >= 15 is 0 Å². The molecule has 1 heterocycles. The van der Waals surface area contributed by atoms with Crippen molar-refractivity contribution in [2.75, 3.05) is 5.32 Å². The molecular weight excluding hydrogens is 240 g/mol. The van der Waals surface area contributed by atoms with Crippen LogP contribution < -0.4 is 5.32 Å². The van der Waals surface area contributed by atoms with E-state index in [1.54, 1.807) is 0 Å². The number of nitrogens with one attached hydrogen (secondary N) is 1. The maximum atomic E-state index is 12.9. The molecule has 2 rings (SSSR count). The largest absolute Gasteiger partial charge is 0.408 e. The molecule has 96 valence electrons. The molecule has 0 saturated carbocycles.